The molecular formula is C71H138O17P2. The van der Waals surface area contributed by atoms with Gasteiger partial charge in [-0.05, 0) is 49.4 Å². The molecule has 0 saturated carbocycles. The number of aliphatic hydroxyl groups is 1. The van der Waals surface area contributed by atoms with Crippen LogP contribution in [0.5, 0.6) is 0 Å². The molecule has 0 amide bonds. The third-order valence-corrected chi connectivity index (χ3v) is 18.6. The molecule has 0 bridgehead atoms. The molecule has 0 aromatic rings. The fraction of sp³-hybridized carbons (Fsp3) is 0.944. The molecule has 0 rings (SSSR count). The lowest BCUT2D eigenvalue weighted by molar-refractivity contribution is -0.161. The summed E-state index contributed by atoms with van der Waals surface area (Å²) in [5, 5.41) is 10.6. The van der Waals surface area contributed by atoms with Crippen molar-refractivity contribution in [3.05, 3.63) is 0 Å². The number of carbonyl (C=O) groups excluding carboxylic acids is 4. The van der Waals surface area contributed by atoms with Gasteiger partial charge < -0.3 is 33.8 Å². The van der Waals surface area contributed by atoms with Crippen LogP contribution >= 0.6 is 15.6 Å². The molecular weight excluding hydrogens is 1190 g/mol. The Hall–Kier alpha value is -1.94. The molecule has 0 spiro atoms. The minimum Gasteiger partial charge on any atom is -0.462 e. The van der Waals surface area contributed by atoms with Crippen LogP contribution in [0, 0.1) is 23.7 Å². The number of hydrogen-bond donors (Lipinski definition) is 3. The zero-order chi connectivity index (χ0) is 66.8. The van der Waals surface area contributed by atoms with Crippen molar-refractivity contribution < 1.29 is 80.2 Å². The molecule has 0 aromatic carbocycles. The molecule has 0 aliphatic carbocycles. The Morgan fingerprint density at radius 2 is 0.533 bits per heavy atom. The van der Waals surface area contributed by atoms with Gasteiger partial charge in [-0.25, -0.2) is 9.13 Å². The molecule has 17 nitrogen and oxygen atoms in total. The number of ether oxygens (including phenoxy) is 4. The number of phosphoric ester groups is 2. The molecule has 534 valence electrons. The molecule has 3 unspecified atom stereocenters. The highest BCUT2D eigenvalue weighted by molar-refractivity contribution is 7.47. The van der Waals surface area contributed by atoms with Gasteiger partial charge in [-0.15, -0.1) is 0 Å². The first kappa shape index (κ1) is 88.1. The lowest BCUT2D eigenvalue weighted by Gasteiger charge is -2.21. The minimum absolute atomic E-state index is 0.104. The van der Waals surface area contributed by atoms with Crippen LogP contribution < -0.4 is 0 Å². The number of rotatable bonds is 68. The second-order valence-electron chi connectivity index (χ2n) is 27.3. The summed E-state index contributed by atoms with van der Waals surface area (Å²) in [6.07, 6.45) is 43.2. The fourth-order valence-corrected chi connectivity index (χ4v) is 12.2. The first-order valence-electron chi connectivity index (χ1n) is 36.7. The molecule has 3 N–H and O–H groups in total. The Morgan fingerprint density at radius 1 is 0.311 bits per heavy atom. The Kier molecular flexibility index (Phi) is 59.4. The van der Waals surface area contributed by atoms with E-state index in [0.717, 1.165) is 114 Å². The van der Waals surface area contributed by atoms with Crippen LogP contribution in [0.15, 0.2) is 0 Å². The number of aliphatic hydroxyl groups excluding tert-OH is 1. The first-order valence-corrected chi connectivity index (χ1v) is 39.7. The van der Waals surface area contributed by atoms with Gasteiger partial charge >= 0.3 is 39.5 Å². The predicted octanol–water partition coefficient (Wildman–Crippen LogP) is 20.1. The second-order valence-corrected chi connectivity index (χ2v) is 30.2. The average molecular weight is 1330 g/mol. The summed E-state index contributed by atoms with van der Waals surface area (Å²) in [4.78, 5) is 72.5. The van der Waals surface area contributed by atoms with E-state index in [4.69, 9.17) is 37.0 Å². The summed E-state index contributed by atoms with van der Waals surface area (Å²) >= 11 is 0. The van der Waals surface area contributed by atoms with Crippen LogP contribution in [0.1, 0.15) is 351 Å². The minimum atomic E-state index is -4.95. The monoisotopic (exact) mass is 1320 g/mol. The Bertz CT molecular complexity index is 1780. The molecule has 0 fully saturated rings. The van der Waals surface area contributed by atoms with Gasteiger partial charge in [-0.2, -0.15) is 0 Å². The van der Waals surface area contributed by atoms with Crippen LogP contribution in [-0.2, 0) is 65.4 Å². The van der Waals surface area contributed by atoms with E-state index in [2.05, 4.69) is 55.4 Å². The van der Waals surface area contributed by atoms with Gasteiger partial charge in [0.05, 0.1) is 26.4 Å². The van der Waals surface area contributed by atoms with Crippen molar-refractivity contribution in [1.82, 2.24) is 0 Å². The molecule has 0 radical (unpaired) electrons. The van der Waals surface area contributed by atoms with Crippen molar-refractivity contribution in [3.8, 4) is 0 Å². The van der Waals surface area contributed by atoms with E-state index in [-0.39, 0.29) is 25.7 Å². The van der Waals surface area contributed by atoms with Gasteiger partial charge in [0, 0.05) is 25.7 Å². The van der Waals surface area contributed by atoms with E-state index in [1.807, 2.05) is 0 Å². The number of phosphoric acid groups is 2. The predicted molar refractivity (Wildman–Crippen MR) is 363 cm³/mol. The van der Waals surface area contributed by atoms with E-state index in [1.165, 1.54) is 148 Å². The molecule has 0 heterocycles. The standard InChI is InChI=1S/C71H138O17P2/c1-9-64(8)50-42-34-25-21-22-28-38-46-54-71(76)88-66(57-81-68(73)51-43-35-26-19-15-13-11-10-12-14-17-23-31-39-47-61(2)3)59-85-89(77,78)83-55-65(72)56-84-90(79,80)86-60-67(58-82-69(74)52-44-36-30-29-33-41-49-63(6)7)87-70(75)53-45-37-27-20-16-18-24-32-40-48-62(4)5/h61-67,72H,9-60H2,1-8H3,(H,77,78)(H,79,80)/t64?,65-,66-,67-/m1/s1. The van der Waals surface area contributed by atoms with E-state index in [0.29, 0.717) is 31.6 Å². The van der Waals surface area contributed by atoms with Crippen molar-refractivity contribution in [2.24, 2.45) is 23.7 Å². The number of carbonyl (C=O) groups is 4. The summed E-state index contributed by atoms with van der Waals surface area (Å²) in [6, 6.07) is 0. The topological polar surface area (TPSA) is 237 Å². The molecule has 19 heteroatoms. The van der Waals surface area contributed by atoms with Gasteiger partial charge in [0.1, 0.15) is 19.3 Å². The lowest BCUT2D eigenvalue weighted by atomic mass is 9.99. The Morgan fingerprint density at radius 3 is 0.789 bits per heavy atom. The highest BCUT2D eigenvalue weighted by atomic mass is 31.2. The Labute approximate surface area is 549 Å². The van der Waals surface area contributed by atoms with Crippen LogP contribution in [-0.4, -0.2) is 96.7 Å². The van der Waals surface area contributed by atoms with Gasteiger partial charge in [0.15, 0.2) is 12.2 Å². The molecule has 0 aromatic heterocycles. The van der Waals surface area contributed by atoms with Crippen LogP contribution in [0.4, 0.5) is 0 Å². The van der Waals surface area contributed by atoms with Crippen LogP contribution in [0.3, 0.4) is 0 Å². The second kappa shape index (κ2) is 60.7. The largest absolute Gasteiger partial charge is 0.472 e. The van der Waals surface area contributed by atoms with E-state index in [9.17, 15) is 43.2 Å². The van der Waals surface area contributed by atoms with E-state index >= 15 is 0 Å². The van der Waals surface area contributed by atoms with Gasteiger partial charge in [-0.1, -0.05) is 299 Å². The zero-order valence-electron chi connectivity index (χ0n) is 58.8. The summed E-state index contributed by atoms with van der Waals surface area (Å²) in [7, 11) is -9.90. The number of esters is 4. The quantitative estimate of drug-likeness (QED) is 0.0222. The third kappa shape index (κ3) is 63.5. The lowest BCUT2D eigenvalue weighted by Crippen LogP contribution is -2.30. The molecule has 0 saturated heterocycles. The number of unbranched alkanes of at least 4 members (excludes halogenated alkanes) is 33. The summed E-state index contributed by atoms with van der Waals surface area (Å²) in [5.41, 5.74) is 0. The highest BCUT2D eigenvalue weighted by Crippen LogP contribution is 2.45. The average Bonchev–Trinajstić information content (AvgIpc) is 2.24. The molecule has 0 aliphatic heterocycles. The first-order chi connectivity index (χ1) is 43.1. The smallest absolute Gasteiger partial charge is 0.462 e. The fourth-order valence-electron chi connectivity index (χ4n) is 10.6. The van der Waals surface area contributed by atoms with Crippen LogP contribution in [0.2, 0.25) is 0 Å². The van der Waals surface area contributed by atoms with Gasteiger partial charge in [0.2, 0.25) is 0 Å². The van der Waals surface area contributed by atoms with Crippen LogP contribution in [0.25, 0.3) is 0 Å². The maximum atomic E-state index is 13.0. The highest BCUT2D eigenvalue weighted by Gasteiger charge is 2.30. The summed E-state index contributed by atoms with van der Waals surface area (Å²) in [5.74, 6) is 0.853. The van der Waals surface area contributed by atoms with Gasteiger partial charge in [-0.3, -0.25) is 37.3 Å². The van der Waals surface area contributed by atoms with Crippen molar-refractivity contribution in [1.29, 1.82) is 0 Å². The molecule has 90 heavy (non-hydrogen) atoms. The Balaban J connectivity index is 5.23. The molecule has 0 aliphatic rings. The van der Waals surface area contributed by atoms with E-state index < -0.39 is 97.5 Å². The van der Waals surface area contributed by atoms with Crippen molar-refractivity contribution in [2.45, 2.75) is 369 Å². The molecule has 6 atom stereocenters. The summed E-state index contributed by atoms with van der Waals surface area (Å²) < 4.78 is 68.3. The zero-order valence-corrected chi connectivity index (χ0v) is 60.6. The maximum Gasteiger partial charge on any atom is 0.472 e. The van der Waals surface area contributed by atoms with Gasteiger partial charge in [0.25, 0.3) is 0 Å². The normalized spacial score (nSPS) is 14.6. The maximum absolute atomic E-state index is 13.0. The summed E-state index contributed by atoms with van der Waals surface area (Å²) in [6.45, 7) is 14.1. The van der Waals surface area contributed by atoms with Crippen molar-refractivity contribution >= 4 is 39.5 Å². The SMILES string of the molecule is CCC(C)CCCCCCCCCCC(=O)O[C@H](COC(=O)CCCCCCCCCCCCCCCCC(C)C)COP(=O)(O)OC[C@@H](O)COP(=O)(O)OC[C@@H](COC(=O)CCCCCCCCC(C)C)OC(=O)CCCCCCCCCCCC(C)C. The van der Waals surface area contributed by atoms with E-state index in [1.54, 1.807) is 0 Å². The third-order valence-electron chi connectivity index (χ3n) is 16.7. The van der Waals surface area contributed by atoms with Crippen molar-refractivity contribution in [3.63, 3.8) is 0 Å². The number of hydrogen-bond acceptors (Lipinski definition) is 15. The van der Waals surface area contributed by atoms with Crippen molar-refractivity contribution in [2.75, 3.05) is 39.6 Å².